The molecule has 0 saturated carbocycles. The monoisotopic (exact) mass is 989 g/mol. The van der Waals surface area contributed by atoms with Crippen molar-refractivity contribution < 1.29 is 28.6 Å². The molecule has 1 atom stereocenters. The first kappa shape index (κ1) is 67.6. The van der Waals surface area contributed by atoms with E-state index in [4.69, 9.17) is 14.2 Å². The molecule has 0 aromatic carbocycles. The van der Waals surface area contributed by atoms with Crippen molar-refractivity contribution >= 4 is 17.9 Å². The van der Waals surface area contributed by atoms with Crippen LogP contribution >= 0.6 is 0 Å². The molecule has 0 heterocycles. The van der Waals surface area contributed by atoms with E-state index in [1.165, 1.54) is 154 Å². The minimum absolute atomic E-state index is 0.0907. The largest absolute Gasteiger partial charge is 0.462 e. The number of hydrogen-bond acceptors (Lipinski definition) is 6. The highest BCUT2D eigenvalue weighted by Gasteiger charge is 2.19. The number of hydrogen-bond donors (Lipinski definition) is 0. The number of esters is 3. The number of ether oxygens (including phenoxy) is 3. The molecule has 0 saturated heterocycles. The van der Waals surface area contributed by atoms with Crippen molar-refractivity contribution in [3.8, 4) is 0 Å². The molecule has 0 fully saturated rings. The minimum atomic E-state index is -0.797. The lowest BCUT2D eigenvalue weighted by atomic mass is 10.0. The lowest BCUT2D eigenvalue weighted by Gasteiger charge is -2.18. The van der Waals surface area contributed by atoms with Gasteiger partial charge in [0.15, 0.2) is 6.10 Å². The van der Waals surface area contributed by atoms with Crippen LogP contribution in [0.25, 0.3) is 0 Å². The minimum Gasteiger partial charge on any atom is -0.462 e. The summed E-state index contributed by atoms with van der Waals surface area (Å²) in [7, 11) is 0. The second-order valence-corrected chi connectivity index (χ2v) is 19.9. The molecule has 0 amide bonds. The Morgan fingerprint density at radius 2 is 0.549 bits per heavy atom. The Balaban J connectivity index is 4.42. The summed E-state index contributed by atoms with van der Waals surface area (Å²) in [6.07, 6.45) is 77.3. The molecule has 0 radical (unpaired) electrons. The molecule has 6 nitrogen and oxygen atoms in total. The highest BCUT2D eigenvalue weighted by atomic mass is 16.6. The third-order valence-electron chi connectivity index (χ3n) is 12.9. The number of carbonyl (C=O) groups excluding carboxylic acids is 3. The molecule has 0 aromatic heterocycles. The molecule has 6 heteroatoms. The Hall–Kier alpha value is -3.41. The molecule has 0 aliphatic rings. The molecular formula is C65H112O6. The highest BCUT2D eigenvalue weighted by molar-refractivity contribution is 5.71. The van der Waals surface area contributed by atoms with Crippen LogP contribution in [0.5, 0.6) is 0 Å². The van der Waals surface area contributed by atoms with Crippen LogP contribution in [0, 0.1) is 0 Å². The van der Waals surface area contributed by atoms with E-state index in [1.807, 2.05) is 0 Å². The van der Waals surface area contributed by atoms with E-state index < -0.39 is 6.10 Å². The van der Waals surface area contributed by atoms with Crippen LogP contribution in [0.1, 0.15) is 290 Å². The standard InChI is InChI=1S/C65H112O6/c1-4-7-10-13-16-19-22-25-27-29-31-32-33-34-35-37-38-40-43-46-49-52-55-58-64(67)70-61-62(60-69-63(66)57-54-51-48-45-42-24-21-18-15-12-9-6-3)71-65(68)59-56-53-50-47-44-41-39-36-30-28-26-23-20-17-14-11-8-5-2/h7,10,16,19,25,27,31-32,34-35,38,40,46,49,62H,4-6,8-9,11-15,17-18,20-24,26,28-30,33,36-37,39,41-45,47-48,50-61H2,1-3H3/b10-7-,19-16-,27-25-,32-31-,35-34-,40-38-,49-46-. The van der Waals surface area contributed by atoms with Gasteiger partial charge in [-0.05, 0) is 70.6 Å². The molecule has 0 spiro atoms. The van der Waals surface area contributed by atoms with Crippen molar-refractivity contribution in [2.75, 3.05) is 13.2 Å². The normalized spacial score (nSPS) is 12.7. The van der Waals surface area contributed by atoms with Gasteiger partial charge in [-0.25, -0.2) is 0 Å². The smallest absolute Gasteiger partial charge is 0.306 e. The zero-order chi connectivity index (χ0) is 51.4. The van der Waals surface area contributed by atoms with Crippen molar-refractivity contribution in [1.82, 2.24) is 0 Å². The zero-order valence-electron chi connectivity index (χ0n) is 46.7. The van der Waals surface area contributed by atoms with Crippen molar-refractivity contribution in [2.45, 2.75) is 297 Å². The van der Waals surface area contributed by atoms with E-state index in [0.29, 0.717) is 19.3 Å². The summed E-state index contributed by atoms with van der Waals surface area (Å²) >= 11 is 0. The van der Waals surface area contributed by atoms with E-state index in [-0.39, 0.29) is 37.5 Å². The quantitative estimate of drug-likeness (QED) is 0.0261. The maximum Gasteiger partial charge on any atom is 0.306 e. The molecule has 0 aromatic rings. The Labute approximate surface area is 439 Å². The van der Waals surface area contributed by atoms with Gasteiger partial charge in [-0.1, -0.05) is 286 Å². The summed E-state index contributed by atoms with van der Waals surface area (Å²) in [5.41, 5.74) is 0. The number of unbranched alkanes of at least 4 members (excludes halogenated alkanes) is 29. The lowest BCUT2D eigenvalue weighted by Crippen LogP contribution is -2.30. The highest BCUT2D eigenvalue weighted by Crippen LogP contribution is 2.16. The van der Waals surface area contributed by atoms with Crippen LogP contribution < -0.4 is 0 Å². The van der Waals surface area contributed by atoms with Crippen LogP contribution in [0.2, 0.25) is 0 Å². The maximum atomic E-state index is 12.9. The van der Waals surface area contributed by atoms with Crippen LogP contribution in [0.3, 0.4) is 0 Å². The molecule has 0 bridgehead atoms. The Kier molecular flexibility index (Phi) is 56.3. The van der Waals surface area contributed by atoms with Crippen molar-refractivity contribution in [2.24, 2.45) is 0 Å². The second kappa shape index (κ2) is 59.2. The predicted molar refractivity (Wildman–Crippen MR) is 307 cm³/mol. The Bertz CT molecular complexity index is 1370. The number of allylic oxidation sites excluding steroid dienone is 14. The average molecular weight is 990 g/mol. The van der Waals surface area contributed by atoms with Crippen LogP contribution in [0.4, 0.5) is 0 Å². The molecular weight excluding hydrogens is 877 g/mol. The van der Waals surface area contributed by atoms with Gasteiger partial charge < -0.3 is 14.2 Å². The second-order valence-electron chi connectivity index (χ2n) is 19.9. The summed E-state index contributed by atoms with van der Waals surface area (Å²) < 4.78 is 16.8. The Morgan fingerprint density at radius 3 is 0.859 bits per heavy atom. The number of rotatable bonds is 54. The van der Waals surface area contributed by atoms with Crippen LogP contribution in [-0.2, 0) is 28.6 Å². The van der Waals surface area contributed by atoms with E-state index in [0.717, 1.165) is 89.9 Å². The summed E-state index contributed by atoms with van der Waals surface area (Å²) in [5, 5.41) is 0. The van der Waals surface area contributed by atoms with Crippen molar-refractivity contribution in [3.05, 3.63) is 85.1 Å². The third-order valence-corrected chi connectivity index (χ3v) is 12.9. The SMILES string of the molecule is CC/C=C\C/C=C\C/C=C\C/C=C\C/C=C\C/C=C\C/C=C\CCCC(=O)OCC(COC(=O)CCCCCCCCCCCCCC)OC(=O)CCCCCCCCCCCCCCCCCCCC. The topological polar surface area (TPSA) is 78.9 Å². The third kappa shape index (κ3) is 57.4. The van der Waals surface area contributed by atoms with Gasteiger partial charge in [0.05, 0.1) is 0 Å². The first-order valence-electron chi connectivity index (χ1n) is 30.1. The molecule has 0 rings (SSSR count). The number of carbonyl (C=O) groups is 3. The molecule has 408 valence electrons. The summed E-state index contributed by atoms with van der Waals surface area (Å²) in [4.78, 5) is 38.2. The first-order valence-corrected chi connectivity index (χ1v) is 30.1. The lowest BCUT2D eigenvalue weighted by molar-refractivity contribution is -0.167. The summed E-state index contributed by atoms with van der Waals surface area (Å²) in [5.74, 6) is -0.942. The van der Waals surface area contributed by atoms with E-state index >= 15 is 0 Å². The van der Waals surface area contributed by atoms with Gasteiger partial charge in [0.1, 0.15) is 13.2 Å². The summed E-state index contributed by atoms with van der Waals surface area (Å²) in [6, 6.07) is 0. The molecule has 71 heavy (non-hydrogen) atoms. The van der Waals surface area contributed by atoms with Crippen molar-refractivity contribution in [3.63, 3.8) is 0 Å². The molecule has 1 unspecified atom stereocenters. The van der Waals surface area contributed by atoms with E-state index in [2.05, 4.69) is 106 Å². The molecule has 0 N–H and O–H groups in total. The fourth-order valence-corrected chi connectivity index (χ4v) is 8.43. The van der Waals surface area contributed by atoms with Gasteiger partial charge >= 0.3 is 17.9 Å². The van der Waals surface area contributed by atoms with E-state index in [9.17, 15) is 14.4 Å². The first-order chi connectivity index (χ1) is 35.0. The van der Waals surface area contributed by atoms with Gasteiger partial charge in [0, 0.05) is 19.3 Å². The zero-order valence-corrected chi connectivity index (χ0v) is 46.7. The average Bonchev–Trinajstić information content (AvgIpc) is 3.37. The van der Waals surface area contributed by atoms with Gasteiger partial charge in [0.2, 0.25) is 0 Å². The van der Waals surface area contributed by atoms with Crippen LogP contribution in [-0.4, -0.2) is 37.2 Å². The molecule has 0 aliphatic carbocycles. The fraction of sp³-hybridized carbons (Fsp3) is 0.738. The fourth-order valence-electron chi connectivity index (χ4n) is 8.43. The van der Waals surface area contributed by atoms with Crippen molar-refractivity contribution in [1.29, 1.82) is 0 Å². The van der Waals surface area contributed by atoms with Crippen LogP contribution in [0.15, 0.2) is 85.1 Å². The summed E-state index contributed by atoms with van der Waals surface area (Å²) in [6.45, 7) is 6.50. The van der Waals surface area contributed by atoms with Gasteiger partial charge in [0.25, 0.3) is 0 Å². The maximum absolute atomic E-state index is 12.9. The Morgan fingerprint density at radius 1 is 0.296 bits per heavy atom. The van der Waals surface area contributed by atoms with E-state index in [1.54, 1.807) is 0 Å². The van der Waals surface area contributed by atoms with Gasteiger partial charge in [-0.2, -0.15) is 0 Å². The predicted octanol–water partition coefficient (Wildman–Crippen LogP) is 20.3. The molecule has 0 aliphatic heterocycles. The van der Waals surface area contributed by atoms with Gasteiger partial charge in [-0.3, -0.25) is 14.4 Å². The van der Waals surface area contributed by atoms with Gasteiger partial charge in [-0.15, -0.1) is 0 Å².